The predicted molar refractivity (Wildman–Crippen MR) is 263 cm³/mol. The summed E-state index contributed by atoms with van der Waals surface area (Å²) in [5, 5.41) is 7.10. The number of thiophene rings is 1. The number of hydrogen-bond donors (Lipinski definition) is 0. The van der Waals surface area contributed by atoms with Crippen LogP contribution >= 0.6 is 11.3 Å². The van der Waals surface area contributed by atoms with Gasteiger partial charge in [-0.2, -0.15) is 9.97 Å². The average Bonchev–Trinajstić information content (AvgIpc) is 4.02. The average molecular weight is 822 g/mol. The van der Waals surface area contributed by atoms with Crippen LogP contribution in [-0.4, -0.2) is 24.1 Å². The van der Waals surface area contributed by atoms with E-state index in [1.807, 2.05) is 18.2 Å². The molecule has 0 aliphatic rings. The smallest absolute Gasteiger partial charge is 0.238 e. The van der Waals surface area contributed by atoms with Gasteiger partial charge in [0.15, 0.2) is 11.6 Å². The summed E-state index contributed by atoms with van der Waals surface area (Å²) in [6.07, 6.45) is 0. The third kappa shape index (κ3) is 5.66. The van der Waals surface area contributed by atoms with E-state index in [4.69, 9.17) is 15.0 Å². The molecule has 0 aliphatic carbocycles. The van der Waals surface area contributed by atoms with E-state index in [1.54, 1.807) is 11.3 Å². The largest absolute Gasteiger partial charge is 0.307 e. The Bertz CT molecular complexity index is 3900. The van der Waals surface area contributed by atoms with Crippen LogP contribution in [0.3, 0.4) is 0 Å². The molecule has 5 nitrogen and oxygen atoms in total. The van der Waals surface area contributed by atoms with Crippen molar-refractivity contribution in [1.29, 1.82) is 0 Å². The van der Waals surface area contributed by atoms with E-state index in [-0.39, 0.29) is 0 Å². The van der Waals surface area contributed by atoms with Crippen molar-refractivity contribution < 1.29 is 0 Å². The Morgan fingerprint density at radius 2 is 0.810 bits per heavy atom. The molecule has 0 saturated heterocycles. The first-order valence-corrected chi connectivity index (χ1v) is 22.0. The Morgan fingerprint density at radius 1 is 0.317 bits per heavy atom. The van der Waals surface area contributed by atoms with Crippen molar-refractivity contribution >= 4 is 75.1 Å². The Labute approximate surface area is 366 Å². The molecule has 6 heteroatoms. The fraction of sp³-hybridized carbons (Fsp3) is 0. The van der Waals surface area contributed by atoms with Crippen LogP contribution in [0.1, 0.15) is 0 Å². The topological polar surface area (TPSA) is 48.5 Å². The predicted octanol–water partition coefficient (Wildman–Crippen LogP) is 15.1. The van der Waals surface area contributed by atoms with Gasteiger partial charge >= 0.3 is 0 Å². The van der Waals surface area contributed by atoms with Crippen molar-refractivity contribution in [3.05, 3.63) is 212 Å². The molecule has 13 rings (SSSR count). The van der Waals surface area contributed by atoms with Crippen molar-refractivity contribution in [3.8, 4) is 56.7 Å². The summed E-state index contributed by atoms with van der Waals surface area (Å²) in [4.78, 5) is 16.0. The van der Waals surface area contributed by atoms with E-state index in [1.165, 1.54) is 36.7 Å². The first-order chi connectivity index (χ1) is 31.2. The third-order valence-corrected chi connectivity index (χ3v) is 13.5. The van der Waals surface area contributed by atoms with Gasteiger partial charge in [-0.15, -0.1) is 11.3 Å². The van der Waals surface area contributed by atoms with E-state index in [2.05, 4.69) is 203 Å². The zero-order valence-corrected chi connectivity index (χ0v) is 34.7. The monoisotopic (exact) mass is 821 g/mol. The number of rotatable bonds is 6. The molecule has 9 aromatic carbocycles. The van der Waals surface area contributed by atoms with Crippen LogP contribution < -0.4 is 0 Å². The zero-order chi connectivity index (χ0) is 41.4. The third-order valence-electron chi connectivity index (χ3n) is 12.4. The summed E-state index contributed by atoms with van der Waals surface area (Å²) in [5.41, 5.74) is 11.9. The normalized spacial score (nSPS) is 11.8. The minimum absolute atomic E-state index is 0.565. The van der Waals surface area contributed by atoms with Crippen LogP contribution in [0, 0.1) is 0 Å². The lowest BCUT2D eigenvalue weighted by atomic mass is 9.99. The summed E-state index contributed by atoms with van der Waals surface area (Å²) >= 11 is 1.80. The second kappa shape index (κ2) is 14.2. The lowest BCUT2D eigenvalue weighted by Crippen LogP contribution is -2.07. The molecular formula is C57H35N5S. The summed E-state index contributed by atoms with van der Waals surface area (Å²) in [6.45, 7) is 0. The molecular weight excluding hydrogens is 787 g/mol. The molecule has 0 bridgehead atoms. The molecule has 0 N–H and O–H groups in total. The van der Waals surface area contributed by atoms with E-state index in [0.29, 0.717) is 17.6 Å². The Morgan fingerprint density at radius 3 is 1.54 bits per heavy atom. The van der Waals surface area contributed by atoms with Crippen molar-refractivity contribution in [2.45, 2.75) is 0 Å². The molecule has 0 saturated carbocycles. The summed E-state index contributed by atoms with van der Waals surface area (Å²) in [7, 11) is 0. The first kappa shape index (κ1) is 35.6. The number of aromatic nitrogens is 5. The van der Waals surface area contributed by atoms with Gasteiger partial charge in [0.2, 0.25) is 5.95 Å². The summed E-state index contributed by atoms with van der Waals surface area (Å²) < 4.78 is 7.20. The van der Waals surface area contributed by atoms with Crippen molar-refractivity contribution in [1.82, 2.24) is 24.1 Å². The molecule has 0 aliphatic heterocycles. The SMILES string of the molecule is c1ccc(-c2ccc(-c3ccccc3-n3c4ccccc4c4ccc5c6ccccc6n(-c6nc(-c7ccccc7)nc(-c7ccc8c(c7)sc7ccccc78)n6)c5c43)cc2)cc1. The standard InChI is InChI=1S/C57H35N5S/c1-3-15-36(16-4-1)37-27-29-38(30-28-37)41-19-7-11-23-48(41)61-49-24-12-8-20-42(49)46-33-34-47-43-21-9-13-25-50(43)62(54(47)53(46)61)57-59-55(39-17-5-2-6-18-39)58-56(60-57)40-31-32-45-44-22-10-14-26-51(44)63-52(45)35-40/h1-35H. The van der Waals surface area contributed by atoms with Gasteiger partial charge in [-0.3, -0.25) is 4.57 Å². The Balaban J connectivity index is 1.10. The van der Waals surface area contributed by atoms with Gasteiger partial charge in [-0.25, -0.2) is 4.98 Å². The molecule has 0 spiro atoms. The van der Waals surface area contributed by atoms with Crippen LogP contribution in [-0.2, 0) is 0 Å². The number of benzene rings is 9. The highest BCUT2D eigenvalue weighted by Gasteiger charge is 2.24. The molecule has 0 atom stereocenters. The molecule has 4 heterocycles. The molecule has 0 amide bonds. The number of hydrogen-bond acceptors (Lipinski definition) is 4. The van der Waals surface area contributed by atoms with Crippen LogP contribution in [0.2, 0.25) is 0 Å². The van der Waals surface area contributed by atoms with Gasteiger partial charge in [-0.05, 0) is 47.0 Å². The lowest BCUT2D eigenvalue weighted by molar-refractivity contribution is 0.953. The maximum Gasteiger partial charge on any atom is 0.238 e. The Kier molecular flexibility index (Phi) is 8.01. The molecule has 63 heavy (non-hydrogen) atoms. The van der Waals surface area contributed by atoms with Gasteiger partial charge in [-0.1, -0.05) is 182 Å². The lowest BCUT2D eigenvalue weighted by Gasteiger charge is -2.16. The van der Waals surface area contributed by atoms with Gasteiger partial charge in [0.05, 0.1) is 27.8 Å². The first-order valence-electron chi connectivity index (χ1n) is 21.2. The summed E-state index contributed by atoms with van der Waals surface area (Å²) in [6, 6.07) is 75.7. The summed E-state index contributed by atoms with van der Waals surface area (Å²) in [5.74, 6) is 1.81. The highest BCUT2D eigenvalue weighted by atomic mass is 32.1. The maximum absolute atomic E-state index is 5.43. The molecule has 0 unspecified atom stereocenters. The van der Waals surface area contributed by atoms with Crippen LogP contribution in [0.15, 0.2) is 212 Å². The highest BCUT2D eigenvalue weighted by molar-refractivity contribution is 7.25. The van der Waals surface area contributed by atoms with Gasteiger partial charge < -0.3 is 4.57 Å². The number of nitrogens with zero attached hydrogens (tertiary/aromatic N) is 5. The quantitative estimate of drug-likeness (QED) is 0.168. The van der Waals surface area contributed by atoms with E-state index in [0.717, 1.165) is 66.2 Å². The molecule has 0 fully saturated rings. The van der Waals surface area contributed by atoms with Gasteiger partial charge in [0.1, 0.15) is 0 Å². The van der Waals surface area contributed by atoms with Gasteiger partial charge in [0.25, 0.3) is 0 Å². The van der Waals surface area contributed by atoms with Gasteiger partial charge in [0, 0.05) is 58.4 Å². The molecule has 0 radical (unpaired) electrons. The molecule has 13 aromatic rings. The van der Waals surface area contributed by atoms with Crippen LogP contribution in [0.4, 0.5) is 0 Å². The number of fused-ring (bicyclic) bond motifs is 10. The second-order valence-corrected chi connectivity index (χ2v) is 17.1. The van der Waals surface area contributed by atoms with E-state index >= 15 is 0 Å². The van der Waals surface area contributed by atoms with Crippen molar-refractivity contribution in [2.75, 3.05) is 0 Å². The maximum atomic E-state index is 5.43. The van der Waals surface area contributed by atoms with Crippen LogP contribution in [0.25, 0.3) is 120 Å². The van der Waals surface area contributed by atoms with Crippen molar-refractivity contribution in [2.24, 2.45) is 0 Å². The van der Waals surface area contributed by atoms with Crippen LogP contribution in [0.5, 0.6) is 0 Å². The van der Waals surface area contributed by atoms with E-state index < -0.39 is 0 Å². The fourth-order valence-electron chi connectivity index (χ4n) is 9.52. The van der Waals surface area contributed by atoms with E-state index in [9.17, 15) is 0 Å². The minimum atomic E-state index is 0.565. The minimum Gasteiger partial charge on any atom is -0.307 e. The Hall–Kier alpha value is -8.19. The molecule has 294 valence electrons. The zero-order valence-electron chi connectivity index (χ0n) is 33.9. The highest BCUT2D eigenvalue weighted by Crippen LogP contribution is 2.44. The molecule has 4 aromatic heterocycles. The second-order valence-electron chi connectivity index (χ2n) is 16.0. The fourth-order valence-corrected chi connectivity index (χ4v) is 10.7. The number of para-hydroxylation sites is 3. The van der Waals surface area contributed by atoms with Crippen molar-refractivity contribution in [3.63, 3.8) is 0 Å².